The van der Waals surface area contributed by atoms with Gasteiger partial charge < -0.3 is 10.5 Å². The molecule has 0 aromatic rings. The second-order valence-corrected chi connectivity index (χ2v) is 6.76. The van der Waals surface area contributed by atoms with Crippen molar-refractivity contribution in [2.24, 2.45) is 21.6 Å². The fraction of sp³-hybridized carbons (Fsp3) is 0.545. The predicted molar refractivity (Wildman–Crippen MR) is 114 cm³/mol. The number of allylic oxidation sites excluding steroid dienone is 6. The van der Waals surface area contributed by atoms with E-state index >= 15 is 0 Å². The molecule has 26 heavy (non-hydrogen) atoms. The van der Waals surface area contributed by atoms with E-state index < -0.39 is 0 Å². The Bertz CT molecular complexity index is 603. The van der Waals surface area contributed by atoms with Crippen LogP contribution in [0, 0.1) is 5.92 Å². The van der Waals surface area contributed by atoms with Crippen molar-refractivity contribution in [3.8, 4) is 0 Å². The average molecular weight is 358 g/mol. The molecule has 0 unspecified atom stereocenters. The van der Waals surface area contributed by atoms with Gasteiger partial charge in [0.1, 0.15) is 6.17 Å². The molecule has 0 bridgehead atoms. The monoisotopic (exact) mass is 357 g/mol. The fourth-order valence-electron chi connectivity index (χ4n) is 2.88. The van der Waals surface area contributed by atoms with Crippen LogP contribution < -0.4 is 5.73 Å². The Labute approximate surface area is 159 Å². The molecule has 1 fully saturated rings. The van der Waals surface area contributed by atoms with Crippen LogP contribution in [0.1, 0.15) is 59.8 Å². The zero-order chi connectivity index (χ0) is 19.4. The molecule has 0 radical (unpaired) electrons. The smallest absolute Gasteiger partial charge is 0.117 e. The Balaban J connectivity index is 2.95. The third kappa shape index (κ3) is 8.43. The lowest BCUT2D eigenvalue weighted by molar-refractivity contribution is 0.293. The van der Waals surface area contributed by atoms with E-state index in [-0.39, 0.29) is 6.17 Å². The van der Waals surface area contributed by atoms with E-state index in [1.807, 2.05) is 33.1 Å². The number of hydrogen-bond donors (Lipinski definition) is 1. The molecule has 4 nitrogen and oxygen atoms in total. The number of nitrogens with two attached hydrogens (primary N) is 1. The number of aliphatic imine (C=N–C) groups is 2. The largest absolute Gasteiger partial charge is 0.501 e. The number of rotatable bonds is 9. The maximum Gasteiger partial charge on any atom is 0.117 e. The van der Waals surface area contributed by atoms with Gasteiger partial charge in [-0.25, -0.2) is 0 Å². The Morgan fingerprint density at radius 2 is 1.88 bits per heavy atom. The Morgan fingerprint density at radius 3 is 2.50 bits per heavy atom. The van der Waals surface area contributed by atoms with E-state index in [0.717, 1.165) is 29.4 Å². The van der Waals surface area contributed by atoms with E-state index in [2.05, 4.69) is 29.1 Å². The van der Waals surface area contributed by atoms with Crippen molar-refractivity contribution in [1.29, 1.82) is 0 Å². The Kier molecular flexibility index (Phi) is 10.6. The van der Waals surface area contributed by atoms with Gasteiger partial charge in [0.2, 0.25) is 0 Å². The van der Waals surface area contributed by atoms with Crippen LogP contribution in [0.4, 0.5) is 0 Å². The third-order valence-corrected chi connectivity index (χ3v) is 4.63. The van der Waals surface area contributed by atoms with Gasteiger partial charge in [-0.15, -0.1) is 0 Å². The molecule has 4 heteroatoms. The lowest BCUT2D eigenvalue weighted by Crippen LogP contribution is -2.13. The van der Waals surface area contributed by atoms with Gasteiger partial charge >= 0.3 is 0 Å². The number of methoxy groups -OCH3 is 1. The minimum atomic E-state index is -0.348. The molecule has 1 atom stereocenters. The minimum Gasteiger partial charge on any atom is -0.501 e. The van der Waals surface area contributed by atoms with E-state index in [0.29, 0.717) is 0 Å². The molecule has 2 N–H and O–H groups in total. The SMILES string of the molecule is CCC=N[C@@H](N)/C=C/N=C(C)/C(/C=C(\C)OC)=C/C=C(\C)C1CCCC1. The molecule has 0 amide bonds. The van der Waals surface area contributed by atoms with E-state index in [9.17, 15) is 0 Å². The molecule has 0 heterocycles. The van der Waals surface area contributed by atoms with Crippen LogP contribution in [-0.2, 0) is 4.74 Å². The summed E-state index contributed by atoms with van der Waals surface area (Å²) >= 11 is 0. The quantitative estimate of drug-likeness (QED) is 0.344. The first-order valence-electron chi connectivity index (χ1n) is 9.57. The average Bonchev–Trinajstić information content (AvgIpc) is 3.17. The molecule has 0 aromatic heterocycles. The summed E-state index contributed by atoms with van der Waals surface area (Å²) in [7, 11) is 1.68. The van der Waals surface area contributed by atoms with Gasteiger partial charge in [-0.2, -0.15) is 0 Å². The molecule has 1 rings (SSSR count). The molecular weight excluding hydrogens is 322 g/mol. The van der Waals surface area contributed by atoms with E-state index in [4.69, 9.17) is 10.5 Å². The van der Waals surface area contributed by atoms with Crippen LogP contribution in [0.3, 0.4) is 0 Å². The lowest BCUT2D eigenvalue weighted by Gasteiger charge is -2.09. The zero-order valence-electron chi connectivity index (χ0n) is 17.0. The van der Waals surface area contributed by atoms with Gasteiger partial charge in [0.15, 0.2) is 0 Å². The van der Waals surface area contributed by atoms with Crippen LogP contribution in [-0.4, -0.2) is 25.2 Å². The van der Waals surface area contributed by atoms with Crippen LogP contribution in [0.5, 0.6) is 0 Å². The van der Waals surface area contributed by atoms with Crippen molar-refractivity contribution in [3.63, 3.8) is 0 Å². The summed E-state index contributed by atoms with van der Waals surface area (Å²) < 4.78 is 5.31. The normalized spacial score (nSPS) is 19.8. The van der Waals surface area contributed by atoms with Gasteiger partial charge in [-0.3, -0.25) is 9.98 Å². The molecule has 0 aliphatic heterocycles. The molecule has 1 aliphatic rings. The van der Waals surface area contributed by atoms with Gasteiger partial charge in [-0.05, 0) is 63.7 Å². The first kappa shape index (κ1) is 22.1. The zero-order valence-corrected chi connectivity index (χ0v) is 17.0. The summed E-state index contributed by atoms with van der Waals surface area (Å²) in [4.78, 5) is 8.71. The molecule has 0 spiro atoms. The Hall–Kier alpha value is -1.94. The van der Waals surface area contributed by atoms with Crippen molar-refractivity contribution >= 4 is 11.9 Å². The topological polar surface area (TPSA) is 60.0 Å². The van der Waals surface area contributed by atoms with Crippen molar-refractivity contribution in [3.05, 3.63) is 47.4 Å². The first-order valence-corrected chi connectivity index (χ1v) is 9.57. The standard InChI is InChI=1S/C22H35N3O/c1-6-14-25-22(23)13-15-24-19(4)21(16-18(3)26-5)12-11-17(2)20-9-7-8-10-20/h11-16,20,22H,6-10,23H2,1-5H3/b15-13+,17-11+,18-16+,21-12+,24-19+,25-14?/t22-/m1/s1. The van der Waals surface area contributed by atoms with Gasteiger partial charge in [-0.1, -0.05) is 37.5 Å². The highest BCUT2D eigenvalue weighted by Crippen LogP contribution is 2.30. The minimum absolute atomic E-state index is 0.348. The number of ether oxygens (including phenoxy) is 1. The Morgan fingerprint density at radius 1 is 1.19 bits per heavy atom. The summed E-state index contributed by atoms with van der Waals surface area (Å²) in [6.45, 7) is 8.20. The van der Waals surface area contributed by atoms with Crippen molar-refractivity contribution in [1.82, 2.24) is 0 Å². The predicted octanol–water partition coefficient (Wildman–Crippen LogP) is 5.34. The van der Waals surface area contributed by atoms with Gasteiger partial charge in [0.25, 0.3) is 0 Å². The highest BCUT2D eigenvalue weighted by atomic mass is 16.5. The summed E-state index contributed by atoms with van der Waals surface area (Å²) in [6.07, 6.45) is 17.6. The number of nitrogens with zero attached hydrogens (tertiary/aromatic N) is 2. The van der Waals surface area contributed by atoms with E-state index in [1.165, 1.54) is 31.3 Å². The van der Waals surface area contributed by atoms with Crippen LogP contribution in [0.25, 0.3) is 0 Å². The highest BCUT2D eigenvalue weighted by Gasteiger charge is 2.15. The van der Waals surface area contributed by atoms with E-state index in [1.54, 1.807) is 19.4 Å². The second-order valence-electron chi connectivity index (χ2n) is 6.76. The maximum absolute atomic E-state index is 5.88. The van der Waals surface area contributed by atoms with Crippen LogP contribution in [0.2, 0.25) is 0 Å². The van der Waals surface area contributed by atoms with Gasteiger partial charge in [0.05, 0.1) is 12.9 Å². The second kappa shape index (κ2) is 12.4. The van der Waals surface area contributed by atoms with Crippen molar-refractivity contribution in [2.45, 2.75) is 66.0 Å². The third-order valence-electron chi connectivity index (χ3n) is 4.63. The lowest BCUT2D eigenvalue weighted by atomic mass is 9.98. The summed E-state index contributed by atoms with van der Waals surface area (Å²) in [6, 6.07) is 0. The number of hydrogen-bond acceptors (Lipinski definition) is 4. The molecule has 144 valence electrons. The fourth-order valence-corrected chi connectivity index (χ4v) is 2.88. The molecule has 1 saturated carbocycles. The molecular formula is C22H35N3O. The van der Waals surface area contributed by atoms with Crippen molar-refractivity contribution < 1.29 is 4.74 Å². The summed E-state index contributed by atoms with van der Waals surface area (Å²) in [5, 5.41) is 0. The van der Waals surface area contributed by atoms with Gasteiger partial charge in [0, 0.05) is 18.1 Å². The molecule has 0 aromatic carbocycles. The summed E-state index contributed by atoms with van der Waals surface area (Å²) in [5.41, 5.74) is 9.28. The molecule has 1 aliphatic carbocycles. The molecule has 0 saturated heterocycles. The van der Waals surface area contributed by atoms with Crippen molar-refractivity contribution in [2.75, 3.05) is 7.11 Å². The first-order chi connectivity index (χ1) is 12.5. The van der Waals surface area contributed by atoms with Crippen LogP contribution in [0.15, 0.2) is 57.4 Å². The summed E-state index contributed by atoms with van der Waals surface area (Å²) in [5.74, 6) is 1.58. The van der Waals surface area contributed by atoms with Crippen LogP contribution >= 0.6 is 0 Å². The highest BCUT2D eigenvalue weighted by molar-refractivity contribution is 6.01. The maximum atomic E-state index is 5.88.